The summed E-state index contributed by atoms with van der Waals surface area (Å²) in [6, 6.07) is 3.76. The van der Waals surface area contributed by atoms with Crippen LogP contribution in [0.25, 0.3) is 0 Å². The summed E-state index contributed by atoms with van der Waals surface area (Å²) < 4.78 is 0. The Hall–Kier alpha value is -2.11. The van der Waals surface area contributed by atoms with Crippen LogP contribution in [0.2, 0.25) is 0 Å². The molecule has 0 saturated carbocycles. The Kier molecular flexibility index (Phi) is 4.45. The molecule has 0 spiro atoms. The Morgan fingerprint density at radius 3 is 2.88 bits per heavy atom. The lowest BCUT2D eigenvalue weighted by Gasteiger charge is -2.10. The zero-order chi connectivity index (χ0) is 12.8. The maximum absolute atomic E-state index is 11.6. The quantitative estimate of drug-likeness (QED) is 0.304. The Labute approximate surface area is 99.5 Å². The second kappa shape index (κ2) is 5.83. The van der Waals surface area contributed by atoms with Gasteiger partial charge in [0.25, 0.3) is 0 Å². The van der Waals surface area contributed by atoms with E-state index in [1.54, 1.807) is 13.1 Å². The topological polar surface area (TPSA) is 101 Å². The van der Waals surface area contributed by atoms with Crippen LogP contribution in [0, 0.1) is 12.8 Å². The molecule has 0 aromatic carbocycles. The Bertz CT molecular complexity index is 414. The van der Waals surface area contributed by atoms with Crippen LogP contribution in [0.4, 0.5) is 0 Å². The predicted octanol–water partition coefficient (Wildman–Crippen LogP) is 0.389. The van der Waals surface area contributed by atoms with Crippen LogP contribution < -0.4 is 11.1 Å². The molecule has 0 saturated heterocycles. The number of oxime groups is 1. The molecule has 92 valence electrons. The minimum atomic E-state index is -0.654. The minimum Gasteiger partial charge on any atom is -0.409 e. The van der Waals surface area contributed by atoms with Gasteiger partial charge in [0.15, 0.2) is 5.84 Å². The molecule has 0 aliphatic carbocycles. The van der Waals surface area contributed by atoms with Crippen molar-refractivity contribution in [1.82, 2.24) is 10.3 Å². The molecular formula is C11H16N4O2. The lowest BCUT2D eigenvalue weighted by Crippen LogP contribution is -2.36. The van der Waals surface area contributed by atoms with E-state index in [9.17, 15) is 4.79 Å². The monoisotopic (exact) mass is 236 g/mol. The fourth-order valence-corrected chi connectivity index (χ4v) is 1.17. The number of carbonyl (C=O) groups excluding carboxylic acids is 1. The van der Waals surface area contributed by atoms with Gasteiger partial charge in [0.05, 0.1) is 5.92 Å². The number of aromatic nitrogens is 1. The molecule has 0 fully saturated rings. The summed E-state index contributed by atoms with van der Waals surface area (Å²) >= 11 is 0. The zero-order valence-electron chi connectivity index (χ0n) is 9.84. The number of nitrogens with one attached hydrogen (secondary N) is 1. The summed E-state index contributed by atoms with van der Waals surface area (Å²) in [5.41, 5.74) is 7.15. The molecule has 1 rings (SSSR count). The van der Waals surface area contributed by atoms with Gasteiger partial charge >= 0.3 is 0 Å². The van der Waals surface area contributed by atoms with Gasteiger partial charge in [-0.05, 0) is 25.5 Å². The van der Waals surface area contributed by atoms with Crippen molar-refractivity contribution in [3.05, 3.63) is 29.6 Å². The molecule has 4 N–H and O–H groups in total. The molecule has 1 atom stereocenters. The maximum Gasteiger partial charge on any atom is 0.230 e. The van der Waals surface area contributed by atoms with Gasteiger partial charge < -0.3 is 16.3 Å². The fraction of sp³-hybridized carbons (Fsp3) is 0.364. The van der Waals surface area contributed by atoms with Crippen LogP contribution in [0.1, 0.15) is 18.2 Å². The van der Waals surface area contributed by atoms with E-state index in [4.69, 9.17) is 10.9 Å². The zero-order valence-corrected chi connectivity index (χ0v) is 9.84. The van der Waals surface area contributed by atoms with Gasteiger partial charge in [-0.15, -0.1) is 0 Å². The van der Waals surface area contributed by atoms with Crippen molar-refractivity contribution in [3.63, 3.8) is 0 Å². The third-order valence-corrected chi connectivity index (χ3v) is 2.39. The molecule has 1 amide bonds. The van der Waals surface area contributed by atoms with Crippen molar-refractivity contribution < 1.29 is 10.0 Å². The number of nitrogens with zero attached hydrogens (tertiary/aromatic N) is 2. The van der Waals surface area contributed by atoms with Gasteiger partial charge in [-0.25, -0.2) is 0 Å². The Morgan fingerprint density at radius 1 is 1.65 bits per heavy atom. The van der Waals surface area contributed by atoms with Gasteiger partial charge in [0, 0.05) is 18.4 Å². The average Bonchev–Trinajstić information content (AvgIpc) is 2.35. The third kappa shape index (κ3) is 3.75. The molecule has 1 unspecified atom stereocenters. The molecule has 0 aliphatic rings. The van der Waals surface area contributed by atoms with E-state index in [0.717, 1.165) is 11.3 Å². The largest absolute Gasteiger partial charge is 0.409 e. The lowest BCUT2D eigenvalue weighted by molar-refractivity contribution is -0.122. The predicted molar refractivity (Wildman–Crippen MR) is 63.4 cm³/mol. The summed E-state index contributed by atoms with van der Waals surface area (Å²) in [6.45, 7) is 3.83. The van der Waals surface area contributed by atoms with Crippen LogP contribution in [0.3, 0.4) is 0 Å². The van der Waals surface area contributed by atoms with Crippen molar-refractivity contribution in [3.8, 4) is 0 Å². The Balaban J connectivity index is 2.51. The van der Waals surface area contributed by atoms with Gasteiger partial charge in [0.1, 0.15) is 0 Å². The fourth-order valence-electron chi connectivity index (χ4n) is 1.17. The van der Waals surface area contributed by atoms with E-state index < -0.39 is 5.92 Å². The highest BCUT2D eigenvalue weighted by Crippen LogP contribution is 2.00. The first-order valence-corrected chi connectivity index (χ1v) is 5.21. The minimum absolute atomic E-state index is 0.107. The number of aryl methyl sites for hydroxylation is 1. The summed E-state index contributed by atoms with van der Waals surface area (Å²) in [5, 5.41) is 13.9. The smallest absolute Gasteiger partial charge is 0.230 e. The van der Waals surface area contributed by atoms with Crippen molar-refractivity contribution in [2.75, 3.05) is 0 Å². The highest BCUT2D eigenvalue weighted by atomic mass is 16.4. The molecular weight excluding hydrogens is 220 g/mol. The lowest BCUT2D eigenvalue weighted by atomic mass is 10.1. The number of pyridine rings is 1. The van der Waals surface area contributed by atoms with Crippen LogP contribution in [-0.2, 0) is 11.3 Å². The molecule has 1 aromatic rings. The van der Waals surface area contributed by atoms with Gasteiger partial charge in [-0.1, -0.05) is 11.2 Å². The normalized spacial score (nSPS) is 13.2. The van der Waals surface area contributed by atoms with E-state index in [-0.39, 0.29) is 11.7 Å². The SMILES string of the molecule is Cc1ccc(CNC(=O)C(C)C(N)=NO)cn1. The van der Waals surface area contributed by atoms with E-state index in [0.29, 0.717) is 6.54 Å². The maximum atomic E-state index is 11.6. The second-order valence-corrected chi connectivity index (χ2v) is 3.77. The van der Waals surface area contributed by atoms with Crippen LogP contribution in [-0.4, -0.2) is 21.9 Å². The molecule has 0 radical (unpaired) electrons. The summed E-state index contributed by atoms with van der Waals surface area (Å²) in [5.74, 6) is -1.05. The van der Waals surface area contributed by atoms with Gasteiger partial charge in [-0.2, -0.15) is 0 Å². The number of amides is 1. The highest BCUT2D eigenvalue weighted by Gasteiger charge is 2.16. The number of amidine groups is 1. The number of nitrogens with two attached hydrogens (primary N) is 1. The number of hydrogen-bond donors (Lipinski definition) is 3. The molecule has 17 heavy (non-hydrogen) atoms. The Morgan fingerprint density at radius 2 is 2.35 bits per heavy atom. The molecule has 6 nitrogen and oxygen atoms in total. The molecule has 1 aromatic heterocycles. The van der Waals surface area contributed by atoms with E-state index >= 15 is 0 Å². The molecule has 0 bridgehead atoms. The summed E-state index contributed by atoms with van der Waals surface area (Å²) in [6.07, 6.45) is 1.70. The van der Waals surface area contributed by atoms with E-state index in [1.807, 2.05) is 19.1 Å². The van der Waals surface area contributed by atoms with Gasteiger partial charge in [-0.3, -0.25) is 9.78 Å². The highest BCUT2D eigenvalue weighted by molar-refractivity contribution is 6.01. The van der Waals surface area contributed by atoms with Crippen molar-refractivity contribution in [1.29, 1.82) is 0 Å². The third-order valence-electron chi connectivity index (χ3n) is 2.39. The van der Waals surface area contributed by atoms with Crippen molar-refractivity contribution >= 4 is 11.7 Å². The molecule has 6 heteroatoms. The number of carbonyl (C=O) groups is 1. The van der Waals surface area contributed by atoms with Crippen LogP contribution in [0.15, 0.2) is 23.5 Å². The summed E-state index contributed by atoms with van der Waals surface area (Å²) in [7, 11) is 0. The van der Waals surface area contributed by atoms with Crippen molar-refractivity contribution in [2.24, 2.45) is 16.8 Å². The number of hydrogen-bond acceptors (Lipinski definition) is 4. The van der Waals surface area contributed by atoms with Crippen LogP contribution >= 0.6 is 0 Å². The van der Waals surface area contributed by atoms with Gasteiger partial charge in [0.2, 0.25) is 5.91 Å². The van der Waals surface area contributed by atoms with E-state index in [1.165, 1.54) is 0 Å². The second-order valence-electron chi connectivity index (χ2n) is 3.77. The first kappa shape index (κ1) is 13.0. The first-order chi connectivity index (χ1) is 8.04. The molecule has 0 aliphatic heterocycles. The standard InChI is InChI=1S/C11H16N4O2/c1-7-3-4-9(5-13-7)6-14-11(16)8(2)10(12)15-17/h3-5,8,17H,6H2,1-2H3,(H2,12,15)(H,14,16). The van der Waals surface area contributed by atoms with Crippen LogP contribution in [0.5, 0.6) is 0 Å². The summed E-state index contributed by atoms with van der Waals surface area (Å²) in [4.78, 5) is 15.7. The van der Waals surface area contributed by atoms with Crippen molar-refractivity contribution in [2.45, 2.75) is 20.4 Å². The first-order valence-electron chi connectivity index (χ1n) is 5.21. The van der Waals surface area contributed by atoms with E-state index in [2.05, 4.69) is 15.5 Å². The molecule has 1 heterocycles. The number of rotatable bonds is 4. The average molecular weight is 236 g/mol.